The summed E-state index contributed by atoms with van der Waals surface area (Å²) in [4.78, 5) is 58.9. The maximum absolute atomic E-state index is 14.9. The third-order valence-electron chi connectivity index (χ3n) is 18.7. The van der Waals surface area contributed by atoms with Gasteiger partial charge < -0.3 is 73.3 Å². The molecule has 2 heterocycles. The van der Waals surface area contributed by atoms with Gasteiger partial charge in [0.2, 0.25) is 6.35 Å². The van der Waals surface area contributed by atoms with Crippen molar-refractivity contribution in [3.63, 3.8) is 0 Å². The Bertz CT molecular complexity index is 4530. The molecule has 0 bridgehead atoms. The zero-order chi connectivity index (χ0) is 76.0. The molecule has 10 aromatic rings. The summed E-state index contributed by atoms with van der Waals surface area (Å²) in [5.41, 5.74) is 6.76. The third kappa shape index (κ3) is 21.8. The molecule has 4 amide bonds. The number of aliphatic hydroxyl groups is 4. The molecule has 11 atom stereocenters. The molecule has 12 rings (SSSR count). The van der Waals surface area contributed by atoms with E-state index in [2.05, 4.69) is 0 Å². The second-order valence-electron chi connectivity index (χ2n) is 26.6. The Balaban J connectivity index is 0.000000217. The molecule has 0 aromatic heterocycles. The van der Waals surface area contributed by atoms with Crippen LogP contribution in [0.4, 0.5) is 9.59 Å². The number of ether oxygens (including phenoxy) is 3. The number of carbonyl (C=O) groups excluding carboxylic acids is 3. The standard InChI is InChI=1S/C45H49N2O10P.C40H41N2O7P/c1-3-54-44(51)32(2)56-58(53,57-39-17-11-6-12-18-39)31-55-38-25-21-34(22-26-38)28-41-43(50)42(49)40(27-33-19-23-37(48)24-20-33)46(29-35-13-7-4-8-14-35)45(52)47(41)30-36-15-9-5-10-16-36;43-38-36(25-30-13-5-1-6-14-30)41(27-32-15-7-2-8-16-32)40(45)42(28-33-17-9-3-10-18-33)37(39(38)44)26-31-21-23-34(24-22-31)48-29-50(46,47)49-35-19-11-4-12-20-35/h4-26,32,40-43,48-50H,3,27-31H2,1-2H3;1-24,36-39,43-44H,25-29H2,(H,46,47)/t32-,40-,41-,42+,43+,58?;36-,37-,38+,39+/m11/s1. The normalized spacial score (nSPS) is 20.1. The smallest absolute Gasteiger partial charge is 0.417 e. The summed E-state index contributed by atoms with van der Waals surface area (Å²) in [6.07, 6.45) is -6.46. The van der Waals surface area contributed by atoms with Crippen molar-refractivity contribution >= 4 is 33.2 Å². The third-order valence-corrected chi connectivity index (χ3v) is 21.3. The van der Waals surface area contributed by atoms with Crippen LogP contribution < -0.4 is 18.5 Å². The molecule has 2 saturated heterocycles. The number of aromatic hydroxyl groups is 1. The molecule has 2 aliphatic rings. The van der Waals surface area contributed by atoms with Gasteiger partial charge in [-0.1, -0.05) is 224 Å². The maximum atomic E-state index is 14.9. The topological polar surface area (TPSA) is 275 Å². The zero-order valence-electron chi connectivity index (χ0n) is 60.0. The predicted molar refractivity (Wildman–Crippen MR) is 410 cm³/mol. The highest BCUT2D eigenvalue weighted by Gasteiger charge is 2.48. The SMILES string of the molecule is CCOC(=O)[C@@H](C)OP(=O)(COc1ccc(C[C@@H]2[C@H](O)[C@@H](O)[C@@H](Cc3ccc(O)cc3)N(Cc3ccccc3)C(=O)N2Cc2ccccc2)cc1)Oc1ccccc1.O=C1N(Cc2ccccc2)[C@H](Cc2ccccc2)[C@H](O)[C@@H](O)[C@@H](Cc2ccc(OCP(=O)(O)Oc3ccccc3)cc2)N1Cc1ccccc1. The first-order valence-corrected chi connectivity index (χ1v) is 39.3. The van der Waals surface area contributed by atoms with E-state index >= 15 is 0 Å². The highest BCUT2D eigenvalue weighted by molar-refractivity contribution is 7.54. The van der Waals surface area contributed by atoms with Gasteiger partial charge in [0.1, 0.15) is 53.2 Å². The monoisotopic (exact) mass is 1500 g/mol. The number of phenols is 1. The fraction of sp³-hybridized carbons (Fsp3) is 0.259. The van der Waals surface area contributed by atoms with Gasteiger partial charge in [-0.15, -0.1) is 0 Å². The second-order valence-corrected chi connectivity index (χ2v) is 30.2. The van der Waals surface area contributed by atoms with Crippen LogP contribution in [0.5, 0.6) is 28.7 Å². The Morgan fingerprint density at radius 3 is 0.981 bits per heavy atom. The summed E-state index contributed by atoms with van der Waals surface area (Å²) in [6, 6.07) is 81.4. The van der Waals surface area contributed by atoms with Crippen molar-refractivity contribution in [3.8, 4) is 28.7 Å². The highest BCUT2D eigenvalue weighted by atomic mass is 31.2. The van der Waals surface area contributed by atoms with E-state index in [0.29, 0.717) is 17.9 Å². The number of hydrogen-bond acceptors (Lipinski definition) is 16. The lowest BCUT2D eigenvalue weighted by Gasteiger charge is -2.36. The number of phenolic OH excluding ortho intramolecular Hbond substituents is 1. The van der Waals surface area contributed by atoms with Crippen molar-refractivity contribution < 1.29 is 81.7 Å². The molecule has 2 unspecified atom stereocenters. The fourth-order valence-electron chi connectivity index (χ4n) is 13.2. The van der Waals surface area contributed by atoms with Crippen molar-refractivity contribution in [3.05, 3.63) is 330 Å². The minimum atomic E-state index is -4.08. The van der Waals surface area contributed by atoms with Crippen LogP contribution in [0.1, 0.15) is 58.4 Å². The molecule has 0 spiro atoms. The van der Waals surface area contributed by atoms with Gasteiger partial charge in [0.05, 0.1) is 30.8 Å². The van der Waals surface area contributed by atoms with Crippen molar-refractivity contribution in [2.45, 2.75) is 120 Å². The van der Waals surface area contributed by atoms with Gasteiger partial charge in [-0.3, -0.25) is 4.52 Å². The lowest BCUT2D eigenvalue weighted by Crippen LogP contribution is -2.50. The van der Waals surface area contributed by atoms with Crippen LogP contribution in [-0.4, -0.2) is 142 Å². The minimum Gasteiger partial charge on any atom is -0.508 e. The second kappa shape index (κ2) is 37.8. The molecule has 2 aliphatic heterocycles. The first-order valence-electron chi connectivity index (χ1n) is 35.8. The van der Waals surface area contributed by atoms with Crippen LogP contribution in [0.25, 0.3) is 0 Å². The summed E-state index contributed by atoms with van der Waals surface area (Å²) in [5, 5.41) is 57.9. The molecule has 2 fully saturated rings. The van der Waals surface area contributed by atoms with Crippen LogP contribution in [0.3, 0.4) is 0 Å². The largest absolute Gasteiger partial charge is 0.508 e. The fourth-order valence-corrected chi connectivity index (χ4v) is 15.5. The first kappa shape index (κ1) is 78.5. The number of para-hydroxylation sites is 2. The van der Waals surface area contributed by atoms with E-state index in [4.69, 9.17) is 27.8 Å². The van der Waals surface area contributed by atoms with Gasteiger partial charge in [-0.05, 0) is 145 Å². The van der Waals surface area contributed by atoms with E-state index in [1.165, 1.54) is 6.92 Å². The number of aliphatic hydroxyl groups excluding tert-OH is 4. The van der Waals surface area contributed by atoms with E-state index in [1.54, 1.807) is 160 Å². The molecular formula is C85H90N4O17P2. The summed E-state index contributed by atoms with van der Waals surface area (Å²) < 4.78 is 59.7. The van der Waals surface area contributed by atoms with Crippen LogP contribution in [0.2, 0.25) is 0 Å². The van der Waals surface area contributed by atoms with E-state index in [-0.39, 0.29) is 81.4 Å². The average molecular weight is 1500 g/mol. The summed E-state index contributed by atoms with van der Waals surface area (Å²) >= 11 is 0. The van der Waals surface area contributed by atoms with Crippen LogP contribution >= 0.6 is 15.2 Å². The molecular weight excluding hydrogens is 1410 g/mol. The van der Waals surface area contributed by atoms with Gasteiger partial charge in [-0.25, -0.2) is 23.5 Å². The molecule has 562 valence electrons. The van der Waals surface area contributed by atoms with Crippen LogP contribution in [0, 0.1) is 0 Å². The van der Waals surface area contributed by atoms with Gasteiger partial charge >= 0.3 is 33.2 Å². The van der Waals surface area contributed by atoms with Crippen molar-refractivity contribution in [2.75, 3.05) is 19.3 Å². The van der Waals surface area contributed by atoms with Crippen molar-refractivity contribution in [1.29, 1.82) is 0 Å². The maximum Gasteiger partial charge on any atom is 0.417 e. The zero-order valence-corrected chi connectivity index (χ0v) is 61.8. The minimum absolute atomic E-state index is 0.0967. The lowest BCUT2D eigenvalue weighted by atomic mass is 9.90. The van der Waals surface area contributed by atoms with E-state index in [1.807, 2.05) is 152 Å². The number of benzene rings is 10. The molecule has 23 heteroatoms. The van der Waals surface area contributed by atoms with Crippen LogP contribution in [0.15, 0.2) is 285 Å². The number of esters is 1. The number of rotatable bonds is 30. The van der Waals surface area contributed by atoms with E-state index < -0.39 is 88.5 Å². The van der Waals surface area contributed by atoms with Gasteiger partial charge in [0.25, 0.3) is 0 Å². The van der Waals surface area contributed by atoms with E-state index in [0.717, 1.165) is 44.5 Å². The lowest BCUT2D eigenvalue weighted by molar-refractivity contribution is -0.150. The summed E-state index contributed by atoms with van der Waals surface area (Å²) in [6.45, 7) is 4.06. The molecule has 0 radical (unpaired) electrons. The number of amides is 4. The van der Waals surface area contributed by atoms with Gasteiger partial charge in [-0.2, -0.15) is 0 Å². The molecule has 6 N–H and O–H groups in total. The van der Waals surface area contributed by atoms with Gasteiger partial charge in [0.15, 0.2) is 12.5 Å². The van der Waals surface area contributed by atoms with Crippen molar-refractivity contribution in [1.82, 2.24) is 19.6 Å². The Labute approximate surface area is 629 Å². The first-order chi connectivity index (χ1) is 52.3. The Kier molecular flexibility index (Phi) is 27.5. The highest BCUT2D eigenvalue weighted by Crippen LogP contribution is 2.50. The van der Waals surface area contributed by atoms with Gasteiger partial charge in [0, 0.05) is 26.2 Å². The number of urea groups is 2. The molecule has 10 aromatic carbocycles. The number of hydrogen-bond donors (Lipinski definition) is 6. The Morgan fingerprint density at radius 1 is 0.380 bits per heavy atom. The predicted octanol–water partition coefficient (Wildman–Crippen LogP) is 14.0. The number of nitrogens with zero attached hydrogens (tertiary/aromatic N) is 4. The molecule has 108 heavy (non-hydrogen) atoms. The quantitative estimate of drug-likeness (QED) is 0.0180. The Morgan fingerprint density at radius 2 is 0.657 bits per heavy atom. The Hall–Kier alpha value is -10.6. The summed E-state index contributed by atoms with van der Waals surface area (Å²) in [7, 11) is -8.14. The molecule has 0 saturated carbocycles. The average Bonchev–Trinajstić information content (AvgIpc) is 1.64. The summed E-state index contributed by atoms with van der Waals surface area (Å²) in [5.74, 6) is 0.630. The van der Waals surface area contributed by atoms with Crippen molar-refractivity contribution in [2.24, 2.45) is 0 Å². The molecule has 0 aliphatic carbocycles. The number of carbonyl (C=O) groups is 3. The van der Waals surface area contributed by atoms with Crippen LogP contribution in [-0.2, 0) is 75.0 Å². The van der Waals surface area contributed by atoms with E-state index in [9.17, 15) is 53.9 Å². The molecule has 21 nitrogen and oxygen atoms in total.